The van der Waals surface area contributed by atoms with E-state index >= 15 is 0 Å². The number of nitrogens with zero attached hydrogens (tertiary/aromatic N) is 2. The quantitative estimate of drug-likeness (QED) is 0.856. The first kappa shape index (κ1) is 15.8. The first-order valence-corrected chi connectivity index (χ1v) is 8.96. The van der Waals surface area contributed by atoms with Crippen LogP contribution in [0.3, 0.4) is 0 Å². The first-order valence-electron chi connectivity index (χ1n) is 8.96. The Kier molecular flexibility index (Phi) is 5.01. The molecule has 5 nitrogen and oxygen atoms in total. The van der Waals surface area contributed by atoms with Crippen molar-refractivity contribution in [2.24, 2.45) is 17.6 Å². The van der Waals surface area contributed by atoms with E-state index in [-0.39, 0.29) is 17.7 Å². The lowest BCUT2D eigenvalue weighted by Gasteiger charge is -2.44. The molecule has 2 saturated heterocycles. The molecule has 3 rings (SSSR count). The number of piperidine rings is 2. The Morgan fingerprint density at radius 2 is 1.59 bits per heavy atom. The average molecular weight is 307 g/mol. The van der Waals surface area contributed by atoms with Crippen LogP contribution in [0, 0.1) is 11.8 Å². The SMILES string of the molecule is NC(=O)C1CCN(C(=O)CN2CCCC3CCCCC32)CC1. The molecule has 3 aliphatic rings. The second-order valence-electron chi connectivity index (χ2n) is 7.28. The van der Waals surface area contributed by atoms with Crippen molar-refractivity contribution in [1.82, 2.24) is 9.80 Å². The Balaban J connectivity index is 1.52. The number of hydrogen-bond donors (Lipinski definition) is 1. The van der Waals surface area contributed by atoms with E-state index in [1.54, 1.807) is 0 Å². The van der Waals surface area contributed by atoms with Crippen molar-refractivity contribution < 1.29 is 9.59 Å². The zero-order valence-corrected chi connectivity index (χ0v) is 13.5. The zero-order chi connectivity index (χ0) is 15.5. The van der Waals surface area contributed by atoms with Gasteiger partial charge in [0.25, 0.3) is 0 Å². The van der Waals surface area contributed by atoms with E-state index in [0.29, 0.717) is 25.7 Å². The summed E-state index contributed by atoms with van der Waals surface area (Å²) in [6.07, 6.45) is 9.33. The van der Waals surface area contributed by atoms with Crippen molar-refractivity contribution in [3.05, 3.63) is 0 Å². The molecule has 2 N–H and O–H groups in total. The third kappa shape index (κ3) is 3.45. The number of fused-ring (bicyclic) bond motifs is 1. The van der Waals surface area contributed by atoms with Gasteiger partial charge < -0.3 is 10.6 Å². The van der Waals surface area contributed by atoms with Gasteiger partial charge in [0.15, 0.2) is 0 Å². The molecule has 124 valence electrons. The molecule has 2 heterocycles. The van der Waals surface area contributed by atoms with Gasteiger partial charge in [0.1, 0.15) is 0 Å². The summed E-state index contributed by atoms with van der Waals surface area (Å²) < 4.78 is 0. The fourth-order valence-corrected chi connectivity index (χ4v) is 4.61. The van der Waals surface area contributed by atoms with Crippen LogP contribution >= 0.6 is 0 Å². The minimum Gasteiger partial charge on any atom is -0.369 e. The van der Waals surface area contributed by atoms with Gasteiger partial charge in [-0.1, -0.05) is 12.8 Å². The minimum absolute atomic E-state index is 0.0400. The molecule has 2 aliphatic heterocycles. The lowest BCUT2D eigenvalue weighted by Crippen LogP contribution is -2.52. The van der Waals surface area contributed by atoms with E-state index in [1.807, 2.05) is 4.90 Å². The van der Waals surface area contributed by atoms with Crippen molar-refractivity contribution in [2.45, 2.75) is 57.4 Å². The minimum atomic E-state index is -0.215. The van der Waals surface area contributed by atoms with Gasteiger partial charge in [0, 0.05) is 25.0 Å². The molecule has 2 atom stereocenters. The van der Waals surface area contributed by atoms with E-state index in [0.717, 1.165) is 25.3 Å². The normalized spacial score (nSPS) is 30.8. The molecule has 2 unspecified atom stereocenters. The number of rotatable bonds is 3. The van der Waals surface area contributed by atoms with Crippen LogP contribution in [-0.2, 0) is 9.59 Å². The van der Waals surface area contributed by atoms with Gasteiger partial charge in [-0.2, -0.15) is 0 Å². The van der Waals surface area contributed by atoms with Crippen LogP contribution in [0.5, 0.6) is 0 Å². The topological polar surface area (TPSA) is 66.6 Å². The molecule has 0 spiro atoms. The van der Waals surface area contributed by atoms with E-state index in [9.17, 15) is 9.59 Å². The van der Waals surface area contributed by atoms with Crippen LogP contribution in [0.1, 0.15) is 51.4 Å². The maximum Gasteiger partial charge on any atom is 0.236 e. The van der Waals surface area contributed by atoms with Crippen LogP contribution in [0.4, 0.5) is 0 Å². The summed E-state index contributed by atoms with van der Waals surface area (Å²) in [6, 6.07) is 0.634. The monoisotopic (exact) mass is 307 g/mol. The van der Waals surface area contributed by atoms with Crippen molar-refractivity contribution in [3.63, 3.8) is 0 Å². The highest BCUT2D eigenvalue weighted by Gasteiger charge is 2.35. The molecule has 0 aromatic carbocycles. The fraction of sp³-hybridized carbons (Fsp3) is 0.882. The van der Waals surface area contributed by atoms with Gasteiger partial charge in [-0.3, -0.25) is 14.5 Å². The molecule has 0 radical (unpaired) electrons. The molecule has 0 bridgehead atoms. The van der Waals surface area contributed by atoms with Gasteiger partial charge in [-0.15, -0.1) is 0 Å². The summed E-state index contributed by atoms with van der Waals surface area (Å²) in [5.41, 5.74) is 5.36. The molecule has 1 saturated carbocycles. The molecule has 2 amide bonds. The Bertz CT molecular complexity index is 416. The van der Waals surface area contributed by atoms with Crippen LogP contribution in [0.15, 0.2) is 0 Å². The zero-order valence-electron chi connectivity index (χ0n) is 13.5. The Labute approximate surface area is 133 Å². The smallest absolute Gasteiger partial charge is 0.236 e. The standard InChI is InChI=1S/C17H29N3O2/c18-17(22)14-7-10-19(11-8-14)16(21)12-20-9-3-5-13-4-1-2-6-15(13)20/h13-15H,1-12H2,(H2,18,22). The van der Waals surface area contributed by atoms with Crippen molar-refractivity contribution in [2.75, 3.05) is 26.2 Å². The number of carbonyl (C=O) groups excluding carboxylic acids is 2. The summed E-state index contributed by atoms with van der Waals surface area (Å²) >= 11 is 0. The molecule has 3 fully saturated rings. The predicted octanol–water partition coefficient (Wildman–Crippen LogP) is 1.36. The predicted molar refractivity (Wildman–Crippen MR) is 85.1 cm³/mol. The van der Waals surface area contributed by atoms with Crippen molar-refractivity contribution in [3.8, 4) is 0 Å². The molecule has 22 heavy (non-hydrogen) atoms. The fourth-order valence-electron chi connectivity index (χ4n) is 4.61. The van der Waals surface area contributed by atoms with E-state index in [4.69, 9.17) is 5.73 Å². The van der Waals surface area contributed by atoms with Gasteiger partial charge in [0.05, 0.1) is 6.54 Å². The average Bonchev–Trinajstić information content (AvgIpc) is 2.55. The number of primary amides is 1. The highest BCUT2D eigenvalue weighted by molar-refractivity contribution is 5.80. The van der Waals surface area contributed by atoms with E-state index in [2.05, 4.69) is 4.90 Å². The highest BCUT2D eigenvalue weighted by Crippen LogP contribution is 2.35. The van der Waals surface area contributed by atoms with Crippen LogP contribution in [-0.4, -0.2) is 53.8 Å². The third-order valence-electron chi connectivity index (χ3n) is 5.95. The number of carbonyl (C=O) groups is 2. The Hall–Kier alpha value is -1.10. The van der Waals surface area contributed by atoms with E-state index < -0.39 is 0 Å². The summed E-state index contributed by atoms with van der Waals surface area (Å²) in [5.74, 6) is 0.806. The lowest BCUT2D eigenvalue weighted by molar-refractivity contribution is -0.137. The molecular formula is C17H29N3O2. The Morgan fingerprint density at radius 1 is 0.909 bits per heavy atom. The van der Waals surface area contributed by atoms with Crippen molar-refractivity contribution in [1.29, 1.82) is 0 Å². The first-order chi connectivity index (χ1) is 10.6. The summed E-state index contributed by atoms with van der Waals surface area (Å²) in [6.45, 7) is 3.02. The molecule has 0 aromatic heterocycles. The van der Waals surface area contributed by atoms with Gasteiger partial charge >= 0.3 is 0 Å². The second-order valence-corrected chi connectivity index (χ2v) is 7.28. The maximum absolute atomic E-state index is 12.6. The summed E-state index contributed by atoms with van der Waals surface area (Å²) in [7, 11) is 0. The number of nitrogens with two attached hydrogens (primary N) is 1. The second kappa shape index (κ2) is 6.99. The largest absolute Gasteiger partial charge is 0.369 e. The van der Waals surface area contributed by atoms with Crippen LogP contribution in [0.2, 0.25) is 0 Å². The summed E-state index contributed by atoms with van der Waals surface area (Å²) in [4.78, 5) is 28.2. The molecule has 5 heteroatoms. The van der Waals surface area contributed by atoms with Crippen LogP contribution in [0.25, 0.3) is 0 Å². The van der Waals surface area contributed by atoms with E-state index in [1.165, 1.54) is 38.5 Å². The molecule has 0 aromatic rings. The number of hydrogen-bond acceptors (Lipinski definition) is 3. The van der Waals surface area contributed by atoms with Crippen molar-refractivity contribution >= 4 is 11.8 Å². The molecular weight excluding hydrogens is 278 g/mol. The number of amides is 2. The lowest BCUT2D eigenvalue weighted by atomic mass is 9.78. The Morgan fingerprint density at radius 3 is 2.32 bits per heavy atom. The van der Waals surface area contributed by atoms with Gasteiger partial charge in [-0.05, 0) is 51.0 Å². The number of likely N-dealkylation sites (tertiary alicyclic amines) is 2. The van der Waals surface area contributed by atoms with Gasteiger partial charge in [0.2, 0.25) is 11.8 Å². The third-order valence-corrected chi connectivity index (χ3v) is 5.95. The summed E-state index contributed by atoms with van der Waals surface area (Å²) in [5, 5.41) is 0. The maximum atomic E-state index is 12.6. The highest BCUT2D eigenvalue weighted by atomic mass is 16.2. The molecule has 1 aliphatic carbocycles. The van der Waals surface area contributed by atoms with Gasteiger partial charge in [-0.25, -0.2) is 0 Å². The van der Waals surface area contributed by atoms with Crippen LogP contribution < -0.4 is 5.73 Å².